The number of hydrogen-bond acceptors (Lipinski definition) is 5. The smallest absolute Gasteiger partial charge is 0.328 e. The Hall–Kier alpha value is -3.22. The Kier molecular flexibility index (Phi) is 4.82. The number of aryl methyl sites for hydroxylation is 1. The van der Waals surface area contributed by atoms with Gasteiger partial charge in [-0.15, -0.1) is 5.10 Å². The molecule has 7 heteroatoms. The van der Waals surface area contributed by atoms with Crippen molar-refractivity contribution in [2.24, 2.45) is 0 Å². The standard InChI is InChI=1S/C20H20N4O3/c25-19(21-16-10-5-7-14-6-1-2-8-15(14)16)13-27-20(26)12-24-18-11-4-3-9-17(18)22-23-24/h1-4,6,8-9,11,16H,5,7,10,12-13H2,(H,21,25). The summed E-state index contributed by atoms with van der Waals surface area (Å²) in [6.45, 7) is -0.385. The van der Waals surface area contributed by atoms with E-state index in [-0.39, 0.29) is 25.1 Å². The minimum atomic E-state index is -0.523. The van der Waals surface area contributed by atoms with E-state index in [0.717, 1.165) is 30.3 Å². The highest BCUT2D eigenvalue weighted by atomic mass is 16.5. The van der Waals surface area contributed by atoms with E-state index in [0.29, 0.717) is 5.52 Å². The summed E-state index contributed by atoms with van der Waals surface area (Å²) < 4.78 is 6.58. The van der Waals surface area contributed by atoms with Gasteiger partial charge in [-0.05, 0) is 42.5 Å². The molecule has 1 atom stereocenters. The van der Waals surface area contributed by atoms with Gasteiger partial charge in [-0.3, -0.25) is 9.59 Å². The summed E-state index contributed by atoms with van der Waals surface area (Å²) in [4.78, 5) is 24.3. The minimum absolute atomic E-state index is 0.0274. The van der Waals surface area contributed by atoms with Crippen LogP contribution in [-0.2, 0) is 27.3 Å². The first-order valence-electron chi connectivity index (χ1n) is 9.02. The van der Waals surface area contributed by atoms with Gasteiger partial charge in [-0.25, -0.2) is 4.68 Å². The van der Waals surface area contributed by atoms with E-state index in [2.05, 4.69) is 21.7 Å². The molecule has 138 valence electrons. The Balaban J connectivity index is 1.31. The molecule has 2 aromatic carbocycles. The molecule has 0 fully saturated rings. The van der Waals surface area contributed by atoms with E-state index in [1.54, 1.807) is 0 Å². The first-order chi connectivity index (χ1) is 13.2. The van der Waals surface area contributed by atoms with Crippen molar-refractivity contribution in [2.45, 2.75) is 31.8 Å². The average molecular weight is 364 g/mol. The number of rotatable bonds is 5. The topological polar surface area (TPSA) is 86.1 Å². The van der Waals surface area contributed by atoms with E-state index in [9.17, 15) is 9.59 Å². The number of hydrogen-bond donors (Lipinski definition) is 1. The zero-order chi connectivity index (χ0) is 18.6. The van der Waals surface area contributed by atoms with Crippen LogP contribution in [0.2, 0.25) is 0 Å². The van der Waals surface area contributed by atoms with Gasteiger partial charge in [0.1, 0.15) is 12.1 Å². The third-order valence-electron chi connectivity index (χ3n) is 4.77. The molecule has 1 aliphatic carbocycles. The molecular weight excluding hydrogens is 344 g/mol. The lowest BCUT2D eigenvalue weighted by Crippen LogP contribution is -2.34. The lowest BCUT2D eigenvalue weighted by atomic mass is 9.88. The van der Waals surface area contributed by atoms with Crippen molar-refractivity contribution in [1.29, 1.82) is 0 Å². The summed E-state index contributed by atoms with van der Waals surface area (Å²) in [5.41, 5.74) is 3.87. The largest absolute Gasteiger partial charge is 0.454 e. The molecule has 0 spiro atoms. The second-order valence-corrected chi connectivity index (χ2v) is 6.61. The first kappa shape index (κ1) is 17.2. The van der Waals surface area contributed by atoms with E-state index >= 15 is 0 Å². The van der Waals surface area contributed by atoms with Crippen LogP contribution >= 0.6 is 0 Å². The first-order valence-corrected chi connectivity index (χ1v) is 9.02. The molecule has 1 heterocycles. The predicted octanol–water partition coefficient (Wildman–Crippen LogP) is 2.17. The quantitative estimate of drug-likeness (QED) is 0.701. The van der Waals surface area contributed by atoms with Crippen molar-refractivity contribution in [3.63, 3.8) is 0 Å². The summed E-state index contributed by atoms with van der Waals surface area (Å²) in [6, 6.07) is 15.5. The zero-order valence-electron chi connectivity index (χ0n) is 14.8. The summed E-state index contributed by atoms with van der Waals surface area (Å²) in [5.74, 6) is -0.821. The van der Waals surface area contributed by atoms with Gasteiger partial charge in [-0.2, -0.15) is 0 Å². The second kappa shape index (κ2) is 7.57. The van der Waals surface area contributed by atoms with E-state index in [4.69, 9.17) is 4.74 Å². The molecule has 7 nitrogen and oxygen atoms in total. The summed E-state index contributed by atoms with van der Waals surface area (Å²) in [7, 11) is 0. The molecule has 0 saturated carbocycles. The van der Waals surface area contributed by atoms with Crippen LogP contribution in [0.25, 0.3) is 11.0 Å². The highest BCUT2D eigenvalue weighted by molar-refractivity contribution is 5.81. The monoisotopic (exact) mass is 364 g/mol. The van der Waals surface area contributed by atoms with Gasteiger partial charge in [0.25, 0.3) is 5.91 Å². The fraction of sp³-hybridized carbons (Fsp3) is 0.300. The molecule has 1 unspecified atom stereocenters. The number of nitrogens with zero attached hydrogens (tertiary/aromatic N) is 3. The van der Waals surface area contributed by atoms with Crippen LogP contribution in [0.5, 0.6) is 0 Å². The number of benzene rings is 2. The van der Waals surface area contributed by atoms with Gasteiger partial charge < -0.3 is 10.1 Å². The van der Waals surface area contributed by atoms with Crippen molar-refractivity contribution in [3.8, 4) is 0 Å². The Labute approximate surface area is 156 Å². The molecule has 1 aliphatic rings. The number of fused-ring (bicyclic) bond motifs is 2. The molecule has 1 amide bonds. The van der Waals surface area contributed by atoms with Crippen molar-refractivity contribution in [2.75, 3.05) is 6.61 Å². The number of ether oxygens (including phenoxy) is 1. The average Bonchev–Trinajstić information content (AvgIpc) is 3.10. The molecule has 4 rings (SSSR count). The SMILES string of the molecule is O=C(COC(=O)Cn1nnc2ccccc21)NC1CCCc2ccccc21. The number of para-hydroxylation sites is 1. The third-order valence-corrected chi connectivity index (χ3v) is 4.77. The van der Waals surface area contributed by atoms with Gasteiger partial charge in [0.15, 0.2) is 6.61 Å². The maximum atomic E-state index is 12.2. The molecule has 0 bridgehead atoms. The van der Waals surface area contributed by atoms with Gasteiger partial charge in [-0.1, -0.05) is 41.6 Å². The van der Waals surface area contributed by atoms with Crippen LogP contribution in [-0.4, -0.2) is 33.5 Å². The number of carbonyl (C=O) groups excluding carboxylic acids is 2. The van der Waals surface area contributed by atoms with Crippen LogP contribution < -0.4 is 5.32 Å². The minimum Gasteiger partial charge on any atom is -0.454 e. The van der Waals surface area contributed by atoms with Crippen molar-refractivity contribution in [3.05, 3.63) is 59.7 Å². The summed E-state index contributed by atoms with van der Waals surface area (Å²) in [6.07, 6.45) is 2.95. The number of esters is 1. The molecule has 27 heavy (non-hydrogen) atoms. The molecule has 0 saturated heterocycles. The van der Waals surface area contributed by atoms with Crippen molar-refractivity contribution >= 4 is 22.9 Å². The van der Waals surface area contributed by atoms with Crippen LogP contribution in [0.1, 0.15) is 30.0 Å². The second-order valence-electron chi connectivity index (χ2n) is 6.61. The Bertz CT molecular complexity index is 982. The summed E-state index contributed by atoms with van der Waals surface area (Å²) >= 11 is 0. The van der Waals surface area contributed by atoms with Crippen LogP contribution in [0.4, 0.5) is 0 Å². The summed E-state index contributed by atoms with van der Waals surface area (Å²) in [5, 5.41) is 10.9. The number of amides is 1. The third kappa shape index (κ3) is 3.81. The Morgan fingerprint density at radius 2 is 1.96 bits per heavy atom. The number of aromatic nitrogens is 3. The van der Waals surface area contributed by atoms with E-state index in [1.165, 1.54) is 10.2 Å². The van der Waals surface area contributed by atoms with Crippen molar-refractivity contribution in [1.82, 2.24) is 20.3 Å². The molecule has 1 N–H and O–H groups in total. The van der Waals surface area contributed by atoms with Gasteiger partial charge in [0.05, 0.1) is 11.6 Å². The van der Waals surface area contributed by atoms with Crippen LogP contribution in [0.3, 0.4) is 0 Å². The highest BCUT2D eigenvalue weighted by Crippen LogP contribution is 2.29. The zero-order valence-corrected chi connectivity index (χ0v) is 14.8. The Morgan fingerprint density at radius 1 is 1.15 bits per heavy atom. The lowest BCUT2D eigenvalue weighted by Gasteiger charge is -2.26. The molecule has 0 radical (unpaired) electrons. The van der Waals surface area contributed by atoms with Crippen LogP contribution in [0.15, 0.2) is 48.5 Å². The van der Waals surface area contributed by atoms with Gasteiger partial charge in [0, 0.05) is 0 Å². The molecule has 0 aliphatic heterocycles. The predicted molar refractivity (Wildman–Crippen MR) is 98.8 cm³/mol. The fourth-order valence-corrected chi connectivity index (χ4v) is 3.49. The van der Waals surface area contributed by atoms with E-state index < -0.39 is 5.97 Å². The molecule has 3 aromatic rings. The van der Waals surface area contributed by atoms with Gasteiger partial charge in [0.2, 0.25) is 0 Å². The van der Waals surface area contributed by atoms with Crippen molar-refractivity contribution < 1.29 is 14.3 Å². The van der Waals surface area contributed by atoms with Crippen LogP contribution in [0, 0.1) is 0 Å². The highest BCUT2D eigenvalue weighted by Gasteiger charge is 2.22. The molecular formula is C20H20N4O3. The Morgan fingerprint density at radius 3 is 2.89 bits per heavy atom. The normalized spacial score (nSPS) is 15.9. The van der Waals surface area contributed by atoms with Gasteiger partial charge >= 0.3 is 5.97 Å². The maximum absolute atomic E-state index is 12.2. The fourth-order valence-electron chi connectivity index (χ4n) is 3.49. The van der Waals surface area contributed by atoms with E-state index in [1.807, 2.05) is 42.5 Å². The number of nitrogens with one attached hydrogen (secondary N) is 1. The lowest BCUT2D eigenvalue weighted by molar-refractivity contribution is -0.149. The maximum Gasteiger partial charge on any atom is 0.328 e. The number of carbonyl (C=O) groups is 2. The molecule has 1 aromatic heterocycles.